The standard InChI is InChI=1S/C9H18N2O.C2H4O.2C2H6.CH4/c1-11(2)9(12)10-8-6-4-3-5-7-8;1-2-3;2*1-2;/h8H,3-7H2,1-2H3,(H,10,12);2H,1H3;2*1-2H3;1H4. The van der Waals surface area contributed by atoms with Gasteiger partial charge in [0.25, 0.3) is 0 Å². The van der Waals surface area contributed by atoms with E-state index in [-0.39, 0.29) is 13.5 Å². The van der Waals surface area contributed by atoms with Crippen molar-refractivity contribution in [3.8, 4) is 0 Å². The van der Waals surface area contributed by atoms with E-state index < -0.39 is 0 Å². The summed E-state index contributed by atoms with van der Waals surface area (Å²) in [5.74, 6) is 0. The summed E-state index contributed by atoms with van der Waals surface area (Å²) < 4.78 is 0. The second-order valence-corrected chi connectivity index (χ2v) is 3.91. The molecule has 124 valence electrons. The van der Waals surface area contributed by atoms with E-state index in [1.807, 2.05) is 27.7 Å². The van der Waals surface area contributed by atoms with Crippen LogP contribution in [0.4, 0.5) is 4.79 Å². The molecule has 1 aliphatic carbocycles. The lowest BCUT2D eigenvalue weighted by atomic mass is 9.96. The van der Waals surface area contributed by atoms with Gasteiger partial charge in [0.05, 0.1) is 0 Å². The first-order valence-corrected chi connectivity index (χ1v) is 7.49. The van der Waals surface area contributed by atoms with Crippen LogP contribution in [0.1, 0.15) is 74.1 Å². The fraction of sp³-hybridized carbons (Fsp3) is 0.875. The Bertz CT molecular complexity index is 189. The molecule has 0 heterocycles. The van der Waals surface area contributed by atoms with E-state index in [2.05, 4.69) is 5.32 Å². The van der Waals surface area contributed by atoms with Crippen molar-refractivity contribution in [1.82, 2.24) is 10.2 Å². The maximum atomic E-state index is 11.2. The highest BCUT2D eigenvalue weighted by molar-refractivity contribution is 5.73. The molecule has 0 spiro atoms. The van der Waals surface area contributed by atoms with E-state index in [0.29, 0.717) is 6.04 Å². The summed E-state index contributed by atoms with van der Waals surface area (Å²) >= 11 is 0. The van der Waals surface area contributed by atoms with Crippen LogP contribution >= 0.6 is 0 Å². The Hall–Kier alpha value is -1.06. The molecule has 1 saturated carbocycles. The third kappa shape index (κ3) is 19.3. The summed E-state index contributed by atoms with van der Waals surface area (Å²) in [6.07, 6.45) is 6.91. The summed E-state index contributed by atoms with van der Waals surface area (Å²) in [4.78, 5) is 21.6. The normalized spacial score (nSPS) is 12.6. The average Bonchev–Trinajstić information content (AvgIpc) is 2.45. The minimum Gasteiger partial charge on any atom is -0.335 e. The predicted octanol–water partition coefficient (Wildman–Crippen LogP) is 4.48. The Morgan fingerprint density at radius 3 is 1.70 bits per heavy atom. The Morgan fingerprint density at radius 1 is 1.05 bits per heavy atom. The zero-order valence-electron chi connectivity index (χ0n) is 14.0. The van der Waals surface area contributed by atoms with Gasteiger partial charge < -0.3 is 15.0 Å². The quantitative estimate of drug-likeness (QED) is 0.724. The van der Waals surface area contributed by atoms with Crippen LogP contribution in [0.15, 0.2) is 0 Å². The van der Waals surface area contributed by atoms with Crippen LogP contribution in [0.25, 0.3) is 0 Å². The van der Waals surface area contributed by atoms with Gasteiger partial charge >= 0.3 is 6.03 Å². The van der Waals surface area contributed by atoms with E-state index >= 15 is 0 Å². The molecule has 0 saturated heterocycles. The molecule has 0 unspecified atom stereocenters. The first kappa shape index (κ1) is 27.3. The van der Waals surface area contributed by atoms with Crippen LogP contribution in [-0.2, 0) is 4.79 Å². The average molecular weight is 290 g/mol. The lowest BCUT2D eigenvalue weighted by Crippen LogP contribution is -2.42. The molecular formula is C16H38N2O2. The first-order chi connectivity index (χ1) is 9.11. The van der Waals surface area contributed by atoms with Crippen LogP contribution in [0.5, 0.6) is 0 Å². The molecule has 1 aliphatic rings. The second-order valence-electron chi connectivity index (χ2n) is 3.91. The van der Waals surface area contributed by atoms with Crippen molar-refractivity contribution in [2.45, 2.75) is 80.2 Å². The van der Waals surface area contributed by atoms with Gasteiger partial charge in [-0.3, -0.25) is 0 Å². The van der Waals surface area contributed by atoms with Gasteiger partial charge in [0.15, 0.2) is 0 Å². The lowest BCUT2D eigenvalue weighted by molar-refractivity contribution is -0.106. The van der Waals surface area contributed by atoms with Gasteiger partial charge in [-0.25, -0.2) is 4.79 Å². The zero-order valence-corrected chi connectivity index (χ0v) is 14.0. The molecule has 0 aromatic carbocycles. The van der Waals surface area contributed by atoms with Crippen molar-refractivity contribution < 1.29 is 9.59 Å². The fourth-order valence-corrected chi connectivity index (χ4v) is 1.55. The molecule has 4 nitrogen and oxygen atoms in total. The molecule has 0 aromatic rings. The Labute approximate surface area is 127 Å². The fourth-order valence-electron chi connectivity index (χ4n) is 1.55. The number of urea groups is 1. The molecule has 0 aliphatic heterocycles. The Balaban J connectivity index is -0.000000138. The van der Waals surface area contributed by atoms with Gasteiger partial charge in [-0.05, 0) is 19.8 Å². The molecule has 4 heteroatoms. The van der Waals surface area contributed by atoms with Gasteiger partial charge in [0.2, 0.25) is 0 Å². The summed E-state index contributed by atoms with van der Waals surface area (Å²) in [5.41, 5.74) is 0. The summed E-state index contributed by atoms with van der Waals surface area (Å²) in [6.45, 7) is 9.44. The summed E-state index contributed by atoms with van der Waals surface area (Å²) in [5, 5.41) is 3.01. The number of nitrogens with zero attached hydrogens (tertiary/aromatic N) is 1. The van der Waals surface area contributed by atoms with Gasteiger partial charge in [-0.15, -0.1) is 0 Å². The van der Waals surface area contributed by atoms with Crippen molar-refractivity contribution in [3.05, 3.63) is 0 Å². The van der Waals surface area contributed by atoms with Crippen molar-refractivity contribution in [1.29, 1.82) is 0 Å². The van der Waals surface area contributed by atoms with Gasteiger partial charge in [-0.2, -0.15) is 0 Å². The number of carbonyl (C=O) groups is 2. The van der Waals surface area contributed by atoms with Gasteiger partial charge in [-0.1, -0.05) is 54.4 Å². The molecular weight excluding hydrogens is 252 g/mol. The zero-order chi connectivity index (χ0) is 15.7. The van der Waals surface area contributed by atoms with Crippen molar-refractivity contribution in [2.75, 3.05) is 14.1 Å². The van der Waals surface area contributed by atoms with E-state index in [0.717, 1.165) is 19.1 Å². The minimum atomic E-state index is 0. The number of nitrogens with one attached hydrogen (secondary N) is 1. The van der Waals surface area contributed by atoms with E-state index in [1.54, 1.807) is 19.0 Å². The highest BCUT2D eigenvalue weighted by Crippen LogP contribution is 2.17. The number of hydrogen-bond donors (Lipinski definition) is 1. The number of rotatable bonds is 1. The molecule has 2 amide bonds. The third-order valence-corrected chi connectivity index (χ3v) is 2.34. The molecule has 0 aromatic heterocycles. The van der Waals surface area contributed by atoms with Gasteiger partial charge in [0.1, 0.15) is 6.29 Å². The maximum absolute atomic E-state index is 11.2. The number of carbonyl (C=O) groups excluding carboxylic acids is 2. The SMILES string of the molecule is C.CC.CC.CC=O.CN(C)C(=O)NC1CCCCC1. The van der Waals surface area contributed by atoms with Crippen LogP contribution in [0, 0.1) is 0 Å². The molecule has 0 radical (unpaired) electrons. The second kappa shape index (κ2) is 23.1. The molecule has 1 fully saturated rings. The Morgan fingerprint density at radius 2 is 1.40 bits per heavy atom. The van der Waals surface area contributed by atoms with Gasteiger partial charge in [0, 0.05) is 20.1 Å². The summed E-state index contributed by atoms with van der Waals surface area (Å²) in [6, 6.07) is 0.468. The highest BCUT2D eigenvalue weighted by atomic mass is 16.2. The highest BCUT2D eigenvalue weighted by Gasteiger charge is 2.15. The van der Waals surface area contributed by atoms with E-state index in [1.165, 1.54) is 26.2 Å². The van der Waals surface area contributed by atoms with E-state index in [4.69, 9.17) is 4.79 Å². The number of hydrogen-bond acceptors (Lipinski definition) is 2. The lowest BCUT2D eigenvalue weighted by Gasteiger charge is -2.24. The minimum absolute atomic E-state index is 0. The Kier molecular flexibility index (Phi) is 31.5. The predicted molar refractivity (Wildman–Crippen MR) is 90.3 cm³/mol. The topological polar surface area (TPSA) is 49.4 Å². The molecule has 0 atom stereocenters. The largest absolute Gasteiger partial charge is 0.335 e. The van der Waals surface area contributed by atoms with Crippen LogP contribution < -0.4 is 5.32 Å². The molecule has 20 heavy (non-hydrogen) atoms. The maximum Gasteiger partial charge on any atom is 0.317 e. The smallest absolute Gasteiger partial charge is 0.317 e. The number of amides is 2. The monoisotopic (exact) mass is 290 g/mol. The first-order valence-electron chi connectivity index (χ1n) is 7.49. The third-order valence-electron chi connectivity index (χ3n) is 2.34. The van der Waals surface area contributed by atoms with Crippen LogP contribution in [0.2, 0.25) is 0 Å². The van der Waals surface area contributed by atoms with Crippen molar-refractivity contribution in [2.24, 2.45) is 0 Å². The van der Waals surface area contributed by atoms with Crippen molar-refractivity contribution >= 4 is 12.3 Å². The summed E-state index contributed by atoms with van der Waals surface area (Å²) in [7, 11) is 3.55. The van der Waals surface area contributed by atoms with E-state index in [9.17, 15) is 4.79 Å². The number of aldehydes is 1. The molecule has 1 N–H and O–H groups in total. The van der Waals surface area contributed by atoms with Crippen molar-refractivity contribution in [3.63, 3.8) is 0 Å². The van der Waals surface area contributed by atoms with Crippen LogP contribution in [-0.4, -0.2) is 37.4 Å². The molecule has 0 bridgehead atoms. The molecule has 1 rings (SSSR count). The van der Waals surface area contributed by atoms with Crippen LogP contribution in [0.3, 0.4) is 0 Å².